The molecule has 1 fully saturated rings. The highest BCUT2D eigenvalue weighted by Crippen LogP contribution is 2.52. The van der Waals surface area contributed by atoms with E-state index in [4.69, 9.17) is 9.47 Å². The molecule has 0 aliphatic carbocycles. The van der Waals surface area contributed by atoms with E-state index in [9.17, 15) is 19.6 Å². The lowest BCUT2D eigenvalue weighted by Crippen LogP contribution is -2.48. The van der Waals surface area contributed by atoms with Gasteiger partial charge in [-0.1, -0.05) is 18.2 Å². The van der Waals surface area contributed by atoms with Gasteiger partial charge in [0.2, 0.25) is 5.91 Å². The molecule has 30 heavy (non-hydrogen) atoms. The van der Waals surface area contributed by atoms with Crippen molar-refractivity contribution in [2.75, 3.05) is 20.0 Å². The van der Waals surface area contributed by atoms with Crippen LogP contribution in [0.5, 0.6) is 11.5 Å². The van der Waals surface area contributed by atoms with Crippen molar-refractivity contribution in [1.29, 1.82) is 5.26 Å². The summed E-state index contributed by atoms with van der Waals surface area (Å²) in [6.07, 6.45) is 0.0198. The van der Waals surface area contributed by atoms with Gasteiger partial charge in [-0.25, -0.2) is 4.39 Å². The molecule has 0 saturated carbocycles. The fraction of sp³-hybridized carbons (Fsp3) is 0.273. The first kappa shape index (κ1) is 20.3. The third-order valence-electron chi connectivity index (χ3n) is 5.43. The number of aliphatic hydroxyl groups is 1. The van der Waals surface area contributed by atoms with Gasteiger partial charge in [-0.15, -0.1) is 11.8 Å². The number of rotatable bonds is 4. The van der Waals surface area contributed by atoms with Crippen LogP contribution in [0.15, 0.2) is 53.1 Å². The summed E-state index contributed by atoms with van der Waals surface area (Å²) in [6.45, 7) is 0. The van der Waals surface area contributed by atoms with Crippen LogP contribution in [0, 0.1) is 17.1 Å². The highest BCUT2D eigenvalue weighted by molar-refractivity contribution is 8.03. The molecule has 0 radical (unpaired) electrons. The van der Waals surface area contributed by atoms with Gasteiger partial charge in [0.25, 0.3) is 0 Å². The molecule has 154 valence electrons. The van der Waals surface area contributed by atoms with E-state index < -0.39 is 17.5 Å². The topological polar surface area (TPSA) is 82.8 Å². The number of halogens is 1. The Morgan fingerprint density at radius 3 is 2.53 bits per heavy atom. The second kappa shape index (κ2) is 7.67. The maximum absolute atomic E-state index is 13.3. The normalized spacial score (nSPS) is 23.2. The smallest absolute Gasteiger partial charge is 0.231 e. The zero-order valence-electron chi connectivity index (χ0n) is 16.4. The number of amides is 1. The summed E-state index contributed by atoms with van der Waals surface area (Å²) >= 11 is 1.25. The lowest BCUT2D eigenvalue weighted by atomic mass is 9.85. The number of thioether (sulfide) groups is 1. The fourth-order valence-electron chi connectivity index (χ4n) is 3.91. The van der Waals surface area contributed by atoms with Crippen LogP contribution >= 0.6 is 11.8 Å². The van der Waals surface area contributed by atoms with Gasteiger partial charge in [-0.05, 0) is 29.8 Å². The first-order chi connectivity index (χ1) is 14.4. The van der Waals surface area contributed by atoms with Crippen molar-refractivity contribution in [3.8, 4) is 17.6 Å². The molecule has 0 spiro atoms. The summed E-state index contributed by atoms with van der Waals surface area (Å²) in [5.74, 6) is 0.0205. The molecule has 2 aromatic rings. The number of ether oxygens (including phenoxy) is 2. The van der Waals surface area contributed by atoms with Crippen molar-refractivity contribution in [3.63, 3.8) is 0 Å². The second-order valence-corrected chi connectivity index (χ2v) is 8.01. The lowest BCUT2D eigenvalue weighted by molar-refractivity contribution is -0.149. The molecule has 2 heterocycles. The number of hydrogen-bond acceptors (Lipinski definition) is 6. The number of carbonyl (C=O) groups excluding carboxylic acids is 1. The zero-order chi connectivity index (χ0) is 21.5. The number of methoxy groups -OCH3 is 2. The number of benzene rings is 2. The summed E-state index contributed by atoms with van der Waals surface area (Å²) in [7, 11) is 3.06. The maximum atomic E-state index is 13.3. The van der Waals surface area contributed by atoms with Crippen molar-refractivity contribution in [1.82, 2.24) is 4.90 Å². The molecule has 0 aromatic heterocycles. The van der Waals surface area contributed by atoms with Crippen LogP contribution in [0.25, 0.3) is 0 Å². The largest absolute Gasteiger partial charge is 0.493 e. The zero-order valence-corrected chi connectivity index (χ0v) is 17.2. The second-order valence-electron chi connectivity index (χ2n) is 7.04. The number of allylic oxidation sites excluding steroid dienone is 1. The van der Waals surface area contributed by atoms with Gasteiger partial charge in [0.05, 0.1) is 36.6 Å². The predicted octanol–water partition coefficient (Wildman–Crippen LogP) is 3.49. The Kier molecular flexibility index (Phi) is 5.18. The molecule has 6 nitrogen and oxygen atoms in total. The standard InChI is InChI=1S/C22H19FN2O4S/c1-28-18-8-3-13(9-19(18)29-2)16-10-20(26)25-21(17(16)11-24)30-12-22(25,27)14-4-6-15(23)7-5-14/h3-9,16,27H,10,12H2,1-2H3/t16-,22-/m0/s1. The van der Waals surface area contributed by atoms with E-state index in [-0.39, 0.29) is 18.1 Å². The Bertz CT molecular complexity index is 1080. The molecule has 1 N–H and O–H groups in total. The Morgan fingerprint density at radius 2 is 1.90 bits per heavy atom. The van der Waals surface area contributed by atoms with Crippen molar-refractivity contribution in [3.05, 3.63) is 70.0 Å². The van der Waals surface area contributed by atoms with Crippen LogP contribution < -0.4 is 9.47 Å². The molecule has 2 aliphatic heterocycles. The Morgan fingerprint density at radius 1 is 1.20 bits per heavy atom. The molecular formula is C22H19FN2O4S. The number of nitrogens with zero attached hydrogens (tertiary/aromatic N) is 2. The quantitative estimate of drug-likeness (QED) is 0.806. The third-order valence-corrected chi connectivity index (χ3v) is 6.65. The van der Waals surface area contributed by atoms with Crippen molar-refractivity contribution < 1.29 is 23.8 Å². The van der Waals surface area contributed by atoms with Crippen molar-refractivity contribution >= 4 is 17.7 Å². The van der Waals surface area contributed by atoms with Crippen LogP contribution in [0.4, 0.5) is 4.39 Å². The minimum Gasteiger partial charge on any atom is -0.493 e. The van der Waals surface area contributed by atoms with E-state index >= 15 is 0 Å². The summed E-state index contributed by atoms with van der Waals surface area (Å²) < 4.78 is 24.0. The molecule has 1 saturated heterocycles. The summed E-state index contributed by atoms with van der Waals surface area (Å²) in [5.41, 5.74) is -0.0656. The van der Waals surface area contributed by atoms with Gasteiger partial charge < -0.3 is 14.6 Å². The number of nitriles is 1. The van der Waals surface area contributed by atoms with E-state index in [1.165, 1.54) is 55.1 Å². The van der Waals surface area contributed by atoms with E-state index in [2.05, 4.69) is 6.07 Å². The summed E-state index contributed by atoms with van der Waals surface area (Å²) in [4.78, 5) is 14.4. The number of fused-ring (bicyclic) bond motifs is 1. The SMILES string of the molecule is COc1ccc([C@@H]2CC(=O)N3C(=C2C#N)SC[C@]3(O)c2ccc(F)cc2)cc1OC. The van der Waals surface area contributed by atoms with Gasteiger partial charge in [-0.3, -0.25) is 9.69 Å². The number of carbonyl (C=O) groups is 1. The van der Waals surface area contributed by atoms with Crippen LogP contribution in [-0.4, -0.2) is 35.9 Å². The van der Waals surface area contributed by atoms with Crippen LogP contribution in [-0.2, 0) is 10.5 Å². The van der Waals surface area contributed by atoms with Gasteiger partial charge in [0, 0.05) is 17.9 Å². The van der Waals surface area contributed by atoms with Crippen LogP contribution in [0.3, 0.4) is 0 Å². The Labute approximate surface area is 177 Å². The minimum absolute atomic E-state index is 0.0198. The monoisotopic (exact) mass is 426 g/mol. The molecule has 2 aromatic carbocycles. The van der Waals surface area contributed by atoms with E-state index in [1.807, 2.05) is 0 Å². The van der Waals surface area contributed by atoms with Crippen molar-refractivity contribution in [2.45, 2.75) is 18.1 Å². The highest BCUT2D eigenvalue weighted by Gasteiger charge is 2.51. The average Bonchev–Trinajstić information content (AvgIpc) is 3.12. The molecule has 0 unspecified atom stereocenters. The molecule has 1 amide bonds. The predicted molar refractivity (Wildman–Crippen MR) is 109 cm³/mol. The van der Waals surface area contributed by atoms with E-state index in [1.54, 1.807) is 18.2 Å². The van der Waals surface area contributed by atoms with Gasteiger partial charge in [-0.2, -0.15) is 5.26 Å². The van der Waals surface area contributed by atoms with Crippen molar-refractivity contribution in [2.24, 2.45) is 0 Å². The summed E-state index contributed by atoms with van der Waals surface area (Å²) in [6, 6.07) is 12.9. The Balaban J connectivity index is 1.78. The van der Waals surface area contributed by atoms with E-state index in [0.717, 1.165) is 5.56 Å². The average molecular weight is 426 g/mol. The van der Waals surface area contributed by atoms with E-state index in [0.29, 0.717) is 27.7 Å². The number of hydrogen-bond donors (Lipinski definition) is 1. The summed E-state index contributed by atoms with van der Waals surface area (Å²) in [5, 5.41) is 21.7. The first-order valence-corrected chi connectivity index (χ1v) is 10.2. The minimum atomic E-state index is -1.63. The highest BCUT2D eigenvalue weighted by atomic mass is 32.2. The fourth-order valence-corrected chi connectivity index (χ4v) is 5.27. The van der Waals surface area contributed by atoms with Gasteiger partial charge in [0.1, 0.15) is 5.82 Å². The maximum Gasteiger partial charge on any atom is 0.231 e. The Hall–Kier alpha value is -3.02. The molecule has 2 atom stereocenters. The van der Waals surface area contributed by atoms with Crippen LogP contribution in [0.2, 0.25) is 0 Å². The van der Waals surface area contributed by atoms with Gasteiger partial charge in [0.15, 0.2) is 17.2 Å². The van der Waals surface area contributed by atoms with Gasteiger partial charge >= 0.3 is 0 Å². The third kappa shape index (κ3) is 3.11. The molecule has 0 bridgehead atoms. The lowest BCUT2D eigenvalue weighted by Gasteiger charge is -2.38. The first-order valence-electron chi connectivity index (χ1n) is 9.23. The molecule has 8 heteroatoms. The molecule has 2 aliphatic rings. The molecular weight excluding hydrogens is 407 g/mol. The molecule has 4 rings (SSSR count). The van der Waals surface area contributed by atoms with Crippen LogP contribution in [0.1, 0.15) is 23.5 Å².